The summed E-state index contributed by atoms with van der Waals surface area (Å²) in [5.41, 5.74) is 4.53. The number of aliphatic imine (C=N–C) groups is 1. The number of halogens is 4. The van der Waals surface area contributed by atoms with Gasteiger partial charge in [-0.2, -0.15) is 0 Å². The van der Waals surface area contributed by atoms with E-state index in [1.54, 1.807) is 0 Å². The van der Waals surface area contributed by atoms with Gasteiger partial charge in [-0.25, -0.2) is 23.0 Å². The normalized spacial score (nSPS) is 18.4. The lowest BCUT2D eigenvalue weighted by Gasteiger charge is -2.26. The highest BCUT2D eigenvalue weighted by Crippen LogP contribution is 2.37. The van der Waals surface area contributed by atoms with Gasteiger partial charge in [-0.1, -0.05) is 11.6 Å². The molecule has 3 N–H and O–H groups in total. The summed E-state index contributed by atoms with van der Waals surface area (Å²) in [7, 11) is 1.18. The molecule has 1 aromatic carbocycles. The van der Waals surface area contributed by atoms with Gasteiger partial charge in [-0.05, 0) is 12.1 Å². The van der Waals surface area contributed by atoms with Crippen LogP contribution in [0, 0.1) is 5.82 Å². The molecule has 1 heterocycles. The number of carboxylic acid groups (broad SMARTS) is 1. The van der Waals surface area contributed by atoms with Gasteiger partial charge in [0.1, 0.15) is 11.9 Å². The molecule has 118 valence electrons. The third-order valence-electron chi connectivity index (χ3n) is 2.85. The van der Waals surface area contributed by atoms with E-state index in [4.69, 9.17) is 39.0 Å². The van der Waals surface area contributed by atoms with Crippen molar-refractivity contribution in [1.29, 1.82) is 0 Å². The summed E-state index contributed by atoms with van der Waals surface area (Å²) in [5.74, 6) is -4.70. The Hall–Kier alpha value is -1.90. The Bertz CT molecular complexity index is 709. The summed E-state index contributed by atoms with van der Waals surface area (Å²) in [6.45, 7) is 0. The maximum atomic E-state index is 14.3. The smallest absolute Gasteiger partial charge is 0.373 e. The minimum atomic E-state index is -1.62. The summed E-state index contributed by atoms with van der Waals surface area (Å²) in [5, 5.41) is 8.96. The van der Waals surface area contributed by atoms with Crippen LogP contribution in [0.15, 0.2) is 23.0 Å². The van der Waals surface area contributed by atoms with Gasteiger partial charge in [0.2, 0.25) is 5.84 Å². The van der Waals surface area contributed by atoms with E-state index in [-0.39, 0.29) is 16.3 Å². The molecule has 0 bridgehead atoms. The zero-order valence-corrected chi connectivity index (χ0v) is 12.5. The van der Waals surface area contributed by atoms with Crippen LogP contribution in [0.3, 0.4) is 0 Å². The summed E-state index contributed by atoms with van der Waals surface area (Å²) in [6, 6.07) is 2.39. The predicted octanol–water partition coefficient (Wildman–Crippen LogP) is 2.36. The number of carbonyl (C=O) groups is 1. The second-order valence-electron chi connectivity index (χ2n) is 4.14. The first-order chi connectivity index (χ1) is 10.3. The molecule has 0 radical (unpaired) electrons. The highest BCUT2D eigenvalue weighted by molar-refractivity contribution is 6.43. The zero-order valence-electron chi connectivity index (χ0n) is 11.0. The lowest BCUT2D eigenvalue weighted by molar-refractivity contribution is -0.130. The number of hydrogen-bond donors (Lipinski definition) is 2. The number of hydrogen-bond acceptors (Lipinski definition) is 5. The largest absolute Gasteiger partial charge is 0.492 e. The van der Waals surface area contributed by atoms with E-state index in [0.717, 1.165) is 6.07 Å². The molecule has 1 aliphatic heterocycles. The van der Waals surface area contributed by atoms with Gasteiger partial charge >= 0.3 is 5.97 Å². The Labute approximate surface area is 133 Å². The van der Waals surface area contributed by atoms with Gasteiger partial charge in [-0.3, -0.25) is 0 Å². The maximum Gasteiger partial charge on any atom is 0.373 e. The van der Waals surface area contributed by atoms with Crippen LogP contribution in [0.5, 0.6) is 5.75 Å². The molecule has 22 heavy (non-hydrogen) atoms. The van der Waals surface area contributed by atoms with E-state index in [0.29, 0.717) is 4.42 Å². The Kier molecular flexibility index (Phi) is 4.55. The summed E-state index contributed by atoms with van der Waals surface area (Å²) < 4.78 is 33.7. The van der Waals surface area contributed by atoms with E-state index >= 15 is 0 Å². The van der Waals surface area contributed by atoms with Crippen molar-refractivity contribution in [3.8, 4) is 5.75 Å². The lowest BCUT2D eigenvalue weighted by Crippen LogP contribution is -2.45. The van der Waals surface area contributed by atoms with Crippen molar-refractivity contribution in [3.63, 3.8) is 0 Å². The Morgan fingerprint density at radius 1 is 1.50 bits per heavy atom. The van der Waals surface area contributed by atoms with Crippen molar-refractivity contribution < 1.29 is 23.4 Å². The molecule has 1 aliphatic rings. The van der Waals surface area contributed by atoms with Crippen molar-refractivity contribution in [2.45, 2.75) is 6.17 Å². The first-order valence-electron chi connectivity index (χ1n) is 5.74. The topological polar surface area (TPSA) is 88.2 Å². The second kappa shape index (κ2) is 6.07. The van der Waals surface area contributed by atoms with Crippen molar-refractivity contribution >= 4 is 40.9 Å². The van der Waals surface area contributed by atoms with Gasteiger partial charge in [0, 0.05) is 17.3 Å². The van der Waals surface area contributed by atoms with Crippen LogP contribution in [0.4, 0.5) is 8.78 Å². The van der Waals surface area contributed by atoms with Crippen LogP contribution < -0.4 is 10.5 Å². The highest BCUT2D eigenvalue weighted by Gasteiger charge is 2.34. The zero-order chi connectivity index (χ0) is 16.6. The quantitative estimate of drug-likeness (QED) is 0.816. The molecular weight excluding hydrogens is 343 g/mol. The van der Waals surface area contributed by atoms with Gasteiger partial charge < -0.3 is 15.6 Å². The average molecular weight is 352 g/mol. The van der Waals surface area contributed by atoms with Crippen molar-refractivity contribution in [1.82, 2.24) is 4.42 Å². The molecule has 0 saturated heterocycles. The summed E-state index contributed by atoms with van der Waals surface area (Å²) in [6.07, 6.45) is -1.62. The van der Waals surface area contributed by atoms with Crippen LogP contribution in [0.2, 0.25) is 5.02 Å². The molecule has 1 aromatic rings. The second-order valence-corrected chi connectivity index (χ2v) is 4.91. The third-order valence-corrected chi connectivity index (χ3v) is 3.52. The molecule has 0 amide bonds. The van der Waals surface area contributed by atoms with Crippen LogP contribution in [-0.4, -0.2) is 34.6 Å². The van der Waals surface area contributed by atoms with Crippen molar-refractivity contribution in [3.05, 3.63) is 34.4 Å². The summed E-state index contributed by atoms with van der Waals surface area (Å²) >= 11 is 11.3. The van der Waals surface area contributed by atoms with E-state index < -0.39 is 35.3 Å². The number of methoxy groups -OCH3 is 1. The molecule has 2 rings (SSSR count). The van der Waals surface area contributed by atoms with Gasteiger partial charge in [0.15, 0.2) is 17.4 Å². The van der Waals surface area contributed by atoms with Crippen LogP contribution >= 0.6 is 23.4 Å². The van der Waals surface area contributed by atoms with Crippen molar-refractivity contribution in [2.24, 2.45) is 10.7 Å². The molecule has 0 aromatic heterocycles. The van der Waals surface area contributed by atoms with Crippen LogP contribution in [0.25, 0.3) is 5.70 Å². The van der Waals surface area contributed by atoms with Gasteiger partial charge in [-0.15, -0.1) is 0 Å². The van der Waals surface area contributed by atoms with Gasteiger partial charge in [0.25, 0.3) is 0 Å². The predicted molar refractivity (Wildman–Crippen MR) is 76.7 cm³/mol. The monoisotopic (exact) mass is 351 g/mol. The first-order valence-corrected chi connectivity index (χ1v) is 6.45. The molecule has 1 atom stereocenters. The molecule has 0 spiro atoms. The minimum absolute atomic E-state index is 0.0359. The highest BCUT2D eigenvalue weighted by atomic mass is 35.5. The standard InChI is InChI=1S/C12H9Cl2F2N3O3/c1-22-9-5(13)3-2-4(6(9)15)8-7(16)10(17)19(14)11(18-8)12(20)21/h2-3,10H,17H2,1H3,(H,20,21). The molecule has 10 heteroatoms. The molecule has 1 unspecified atom stereocenters. The molecular formula is C12H9Cl2F2N3O3. The maximum absolute atomic E-state index is 14.3. The van der Waals surface area contributed by atoms with E-state index in [1.807, 2.05) is 0 Å². The SMILES string of the molecule is COc1c(Cl)ccc(C2=C(F)C(N)N(Cl)C(C(=O)O)=N2)c1F. The fourth-order valence-corrected chi connectivity index (χ4v) is 2.23. The van der Waals surface area contributed by atoms with E-state index in [1.165, 1.54) is 13.2 Å². The molecule has 0 aliphatic carbocycles. The van der Waals surface area contributed by atoms with Crippen LogP contribution in [-0.2, 0) is 4.79 Å². The van der Waals surface area contributed by atoms with Crippen LogP contribution in [0.1, 0.15) is 5.56 Å². The third kappa shape index (κ3) is 2.60. The molecule has 6 nitrogen and oxygen atoms in total. The number of ether oxygens (including phenoxy) is 1. The molecule has 0 saturated carbocycles. The van der Waals surface area contributed by atoms with Crippen molar-refractivity contribution in [2.75, 3.05) is 7.11 Å². The fraction of sp³-hybridized carbons (Fsp3) is 0.167. The number of rotatable bonds is 3. The number of amidine groups is 1. The Morgan fingerprint density at radius 3 is 2.68 bits per heavy atom. The van der Waals surface area contributed by atoms with Gasteiger partial charge in [0.05, 0.1) is 12.1 Å². The average Bonchev–Trinajstić information content (AvgIpc) is 2.46. The number of carboxylic acids is 1. The lowest BCUT2D eigenvalue weighted by atomic mass is 10.1. The minimum Gasteiger partial charge on any atom is -0.492 e. The Morgan fingerprint density at radius 2 is 2.14 bits per heavy atom. The first kappa shape index (κ1) is 16.5. The van der Waals surface area contributed by atoms with E-state index in [2.05, 4.69) is 4.99 Å². The fourth-order valence-electron chi connectivity index (χ4n) is 1.81. The Balaban J connectivity index is 2.68. The number of nitrogens with two attached hydrogens (primary N) is 1. The number of nitrogens with zero attached hydrogens (tertiary/aromatic N) is 2. The van der Waals surface area contributed by atoms with E-state index in [9.17, 15) is 13.6 Å². The number of benzene rings is 1. The molecule has 0 fully saturated rings. The summed E-state index contributed by atoms with van der Waals surface area (Å²) in [4.78, 5) is 14.6. The number of aliphatic carboxylic acids is 1.